The Kier molecular flexibility index (Phi) is 7.72. The van der Waals surface area contributed by atoms with Gasteiger partial charge in [0, 0.05) is 33.9 Å². The van der Waals surface area contributed by atoms with Crippen molar-refractivity contribution in [1.29, 1.82) is 5.26 Å². The topological polar surface area (TPSA) is 90.9 Å². The van der Waals surface area contributed by atoms with Crippen molar-refractivity contribution in [2.24, 2.45) is 5.41 Å². The van der Waals surface area contributed by atoms with Crippen LogP contribution in [0.2, 0.25) is 10.0 Å². The number of anilines is 2. The largest absolute Gasteiger partial charge is 0.399 e. The number of hydrogen-bond donors (Lipinski definition) is 3. The number of carbonyl (C=O) groups excluding carboxylic acids is 1. The second kappa shape index (κ2) is 10.5. The first kappa shape index (κ1) is 27.8. The van der Waals surface area contributed by atoms with Crippen LogP contribution in [0.25, 0.3) is 0 Å². The number of amides is 1. The van der Waals surface area contributed by atoms with E-state index in [1.54, 1.807) is 30.3 Å². The highest BCUT2D eigenvalue weighted by Gasteiger charge is 2.61. The average Bonchev–Trinajstić information content (AvgIpc) is 3.15. The number of carbonyl (C=O) groups is 1. The summed E-state index contributed by atoms with van der Waals surface area (Å²) in [6.45, 7) is 5.93. The minimum Gasteiger partial charge on any atom is -0.399 e. The summed E-state index contributed by atoms with van der Waals surface area (Å²) >= 11 is 12.2. The number of nitrogens with two attached hydrogens (primary N) is 1. The fraction of sp³-hybridized carbons (Fsp3) is 0.310. The van der Waals surface area contributed by atoms with Crippen molar-refractivity contribution in [3.63, 3.8) is 0 Å². The molecule has 198 valence electrons. The van der Waals surface area contributed by atoms with E-state index < -0.39 is 41.0 Å². The summed E-state index contributed by atoms with van der Waals surface area (Å²) in [4.78, 5) is 13.8. The summed E-state index contributed by atoms with van der Waals surface area (Å²) < 4.78 is 31.3. The van der Waals surface area contributed by atoms with Gasteiger partial charge in [-0.15, -0.1) is 0 Å². The van der Waals surface area contributed by atoms with Crippen molar-refractivity contribution in [2.75, 3.05) is 11.1 Å². The van der Waals surface area contributed by atoms with E-state index in [2.05, 4.69) is 16.7 Å². The van der Waals surface area contributed by atoms with Gasteiger partial charge in [-0.1, -0.05) is 62.2 Å². The van der Waals surface area contributed by atoms with E-state index in [4.69, 9.17) is 28.9 Å². The van der Waals surface area contributed by atoms with Gasteiger partial charge in [0.15, 0.2) is 0 Å². The Bertz CT molecular complexity index is 1400. The molecule has 0 radical (unpaired) electrons. The van der Waals surface area contributed by atoms with Crippen LogP contribution in [0.3, 0.4) is 0 Å². The molecular formula is C29H28Cl2F2N4O. The van der Waals surface area contributed by atoms with Gasteiger partial charge in [-0.2, -0.15) is 5.26 Å². The molecule has 1 aliphatic heterocycles. The van der Waals surface area contributed by atoms with E-state index in [0.29, 0.717) is 17.8 Å². The lowest BCUT2D eigenvalue weighted by molar-refractivity contribution is -0.118. The molecule has 0 spiro atoms. The van der Waals surface area contributed by atoms with Crippen LogP contribution in [0, 0.1) is 28.4 Å². The fourth-order valence-electron chi connectivity index (χ4n) is 5.34. The highest BCUT2D eigenvalue weighted by molar-refractivity contribution is 6.31. The number of nitrogens with one attached hydrogen (secondary N) is 2. The predicted molar refractivity (Wildman–Crippen MR) is 147 cm³/mol. The molecule has 1 amide bonds. The first-order valence-corrected chi connectivity index (χ1v) is 12.9. The van der Waals surface area contributed by atoms with Crippen molar-refractivity contribution in [3.8, 4) is 6.07 Å². The lowest BCUT2D eigenvalue weighted by Gasteiger charge is -2.37. The molecular weight excluding hydrogens is 529 g/mol. The molecule has 0 bridgehead atoms. The fourth-order valence-corrected chi connectivity index (χ4v) is 5.68. The van der Waals surface area contributed by atoms with Crippen LogP contribution >= 0.6 is 23.2 Å². The Morgan fingerprint density at radius 1 is 1.13 bits per heavy atom. The van der Waals surface area contributed by atoms with E-state index in [0.717, 1.165) is 6.07 Å². The van der Waals surface area contributed by atoms with Gasteiger partial charge < -0.3 is 16.4 Å². The Morgan fingerprint density at radius 3 is 2.42 bits per heavy atom. The SMILES string of the molecule is CC(C)(C)CC1NC(C(=O)Nc2ccc(N)cc2)C(c2cccc(Cl)c2F)C1(C#N)c1ccc(Cl)cc1F. The second-order valence-corrected chi connectivity index (χ2v) is 11.6. The van der Waals surface area contributed by atoms with Crippen LogP contribution in [-0.4, -0.2) is 18.0 Å². The zero-order valence-electron chi connectivity index (χ0n) is 21.2. The van der Waals surface area contributed by atoms with E-state index >= 15 is 8.78 Å². The summed E-state index contributed by atoms with van der Waals surface area (Å²) in [6, 6.07) is 15.5. The third kappa shape index (κ3) is 5.22. The quantitative estimate of drug-likeness (QED) is 0.301. The monoisotopic (exact) mass is 556 g/mol. The highest BCUT2D eigenvalue weighted by atomic mass is 35.5. The molecule has 0 aliphatic carbocycles. The standard InChI is InChI=1S/C29H28Cl2F2N4O/c1-28(2,3)14-23-29(15-34,20-12-7-16(30)13-22(20)32)24(19-5-4-6-21(31)25(19)33)26(37-23)27(38)36-18-10-8-17(35)9-11-18/h4-13,23-24,26,37H,14,35H2,1-3H3,(H,36,38). The maximum atomic E-state index is 15.7. The lowest BCUT2D eigenvalue weighted by Crippen LogP contribution is -2.45. The molecule has 3 aromatic rings. The van der Waals surface area contributed by atoms with Crippen LogP contribution in [0.4, 0.5) is 20.2 Å². The van der Waals surface area contributed by atoms with Gasteiger partial charge in [0.1, 0.15) is 17.0 Å². The molecule has 4 N–H and O–H groups in total. The molecule has 0 aromatic heterocycles. The third-order valence-corrected chi connectivity index (χ3v) is 7.44. The summed E-state index contributed by atoms with van der Waals surface area (Å²) in [5.41, 5.74) is 4.81. The number of nitriles is 1. The third-order valence-electron chi connectivity index (χ3n) is 6.91. The molecule has 4 rings (SSSR count). The van der Waals surface area contributed by atoms with Crippen LogP contribution in [0.1, 0.15) is 44.2 Å². The Balaban J connectivity index is 1.96. The summed E-state index contributed by atoms with van der Waals surface area (Å²) in [5, 5.41) is 17.0. The molecule has 4 atom stereocenters. The van der Waals surface area contributed by atoms with Gasteiger partial charge in [0.2, 0.25) is 5.91 Å². The van der Waals surface area contributed by atoms with E-state index in [9.17, 15) is 10.1 Å². The van der Waals surface area contributed by atoms with Crippen molar-refractivity contribution in [2.45, 2.75) is 50.6 Å². The van der Waals surface area contributed by atoms with Crippen LogP contribution < -0.4 is 16.4 Å². The molecule has 5 nitrogen and oxygen atoms in total. The van der Waals surface area contributed by atoms with Gasteiger partial charge in [-0.05, 0) is 59.9 Å². The highest BCUT2D eigenvalue weighted by Crippen LogP contribution is 2.52. The predicted octanol–water partition coefficient (Wildman–Crippen LogP) is 6.81. The normalized spacial score (nSPS) is 23.2. The number of rotatable bonds is 5. The number of halogens is 4. The number of benzene rings is 3. The zero-order valence-corrected chi connectivity index (χ0v) is 22.7. The minimum atomic E-state index is -1.68. The van der Waals surface area contributed by atoms with Gasteiger partial charge in [0.05, 0.1) is 17.1 Å². The molecule has 0 saturated carbocycles. The Labute approximate surface area is 230 Å². The maximum Gasteiger partial charge on any atom is 0.242 e. The van der Waals surface area contributed by atoms with Crippen molar-refractivity contribution in [1.82, 2.24) is 5.32 Å². The van der Waals surface area contributed by atoms with Crippen LogP contribution in [0.5, 0.6) is 0 Å². The Hall–Kier alpha value is -3.18. The van der Waals surface area contributed by atoms with E-state index in [1.807, 2.05) is 20.8 Å². The zero-order chi connectivity index (χ0) is 27.8. The van der Waals surface area contributed by atoms with Crippen LogP contribution in [0.15, 0.2) is 60.7 Å². The minimum absolute atomic E-state index is 0.0262. The van der Waals surface area contributed by atoms with Crippen molar-refractivity contribution >= 4 is 40.5 Å². The van der Waals surface area contributed by atoms with E-state index in [1.165, 1.54) is 24.3 Å². The molecule has 3 aromatic carbocycles. The average molecular weight is 557 g/mol. The second-order valence-electron chi connectivity index (χ2n) is 10.8. The number of nitrogen functional groups attached to an aromatic ring is 1. The first-order valence-electron chi connectivity index (χ1n) is 12.1. The van der Waals surface area contributed by atoms with Gasteiger partial charge in [-0.3, -0.25) is 4.79 Å². The maximum absolute atomic E-state index is 15.7. The molecule has 1 saturated heterocycles. The van der Waals surface area contributed by atoms with Gasteiger partial charge >= 0.3 is 0 Å². The lowest BCUT2D eigenvalue weighted by atomic mass is 9.62. The first-order chi connectivity index (χ1) is 17.9. The molecule has 38 heavy (non-hydrogen) atoms. The molecule has 1 fully saturated rings. The summed E-state index contributed by atoms with van der Waals surface area (Å²) in [5.74, 6) is -3.13. The Morgan fingerprint density at radius 2 is 1.82 bits per heavy atom. The summed E-state index contributed by atoms with van der Waals surface area (Å²) in [7, 11) is 0. The molecule has 1 heterocycles. The van der Waals surface area contributed by atoms with E-state index in [-0.39, 0.29) is 26.6 Å². The van der Waals surface area contributed by atoms with Crippen molar-refractivity contribution in [3.05, 3.63) is 93.5 Å². The summed E-state index contributed by atoms with van der Waals surface area (Å²) in [6.07, 6.45) is 0.382. The van der Waals surface area contributed by atoms with Gasteiger partial charge in [0.25, 0.3) is 0 Å². The van der Waals surface area contributed by atoms with Gasteiger partial charge in [-0.25, -0.2) is 8.78 Å². The van der Waals surface area contributed by atoms with Crippen LogP contribution in [-0.2, 0) is 10.2 Å². The molecule has 1 aliphatic rings. The number of hydrogen-bond acceptors (Lipinski definition) is 4. The molecule has 4 unspecified atom stereocenters. The van der Waals surface area contributed by atoms with Crippen molar-refractivity contribution < 1.29 is 13.6 Å². The number of nitrogens with zero attached hydrogens (tertiary/aromatic N) is 1. The smallest absolute Gasteiger partial charge is 0.242 e. The molecule has 9 heteroatoms.